The third-order valence-corrected chi connectivity index (χ3v) is 4.39. The molecule has 1 aliphatic carbocycles. The third kappa shape index (κ3) is 3.55. The Morgan fingerprint density at radius 1 is 1.53 bits per heavy atom. The van der Waals surface area contributed by atoms with E-state index in [2.05, 4.69) is 27.0 Å². The lowest BCUT2D eigenvalue weighted by Crippen LogP contribution is -2.45. The Bertz CT molecular complexity index is 411. The largest absolute Gasteiger partial charge is 0.378 e. The maximum Gasteiger partial charge on any atom is 0.224 e. The van der Waals surface area contributed by atoms with Crippen LogP contribution in [0.2, 0.25) is 0 Å². The molecule has 1 N–H and O–H groups in total. The molecule has 2 fully saturated rings. The van der Waals surface area contributed by atoms with Gasteiger partial charge in [-0.25, -0.2) is 0 Å². The van der Waals surface area contributed by atoms with E-state index in [1.54, 1.807) is 11.3 Å². The predicted octanol–water partition coefficient (Wildman–Crippen LogP) is 1.62. The van der Waals surface area contributed by atoms with E-state index in [0.717, 1.165) is 32.5 Å². The van der Waals surface area contributed by atoms with E-state index < -0.39 is 0 Å². The van der Waals surface area contributed by atoms with Crippen LogP contribution in [-0.4, -0.2) is 42.6 Å². The van der Waals surface area contributed by atoms with E-state index in [1.165, 1.54) is 5.56 Å². The zero-order chi connectivity index (χ0) is 13.1. The van der Waals surface area contributed by atoms with Gasteiger partial charge in [0.25, 0.3) is 0 Å². The van der Waals surface area contributed by atoms with Crippen molar-refractivity contribution in [2.75, 3.05) is 19.8 Å². The lowest BCUT2D eigenvalue weighted by molar-refractivity contribution is -0.133. The molecular formula is C14H20N2O2S. The van der Waals surface area contributed by atoms with Gasteiger partial charge in [0.1, 0.15) is 0 Å². The molecule has 2 heterocycles. The number of nitrogens with zero attached hydrogens (tertiary/aromatic N) is 1. The summed E-state index contributed by atoms with van der Waals surface area (Å²) < 4.78 is 5.41. The summed E-state index contributed by atoms with van der Waals surface area (Å²) in [5.41, 5.74) is 1.25. The van der Waals surface area contributed by atoms with Crippen LogP contribution in [0.1, 0.15) is 24.8 Å². The van der Waals surface area contributed by atoms with Crippen molar-refractivity contribution >= 4 is 17.2 Å². The summed E-state index contributed by atoms with van der Waals surface area (Å²) in [6, 6.07) is 2.76. The van der Waals surface area contributed by atoms with Gasteiger partial charge in [0.15, 0.2) is 0 Å². The molecule has 1 aromatic rings. The first-order valence-corrected chi connectivity index (χ1v) is 7.89. The number of hydrogen-bond donors (Lipinski definition) is 1. The van der Waals surface area contributed by atoms with Crippen molar-refractivity contribution in [1.29, 1.82) is 0 Å². The van der Waals surface area contributed by atoms with E-state index in [-0.39, 0.29) is 11.9 Å². The van der Waals surface area contributed by atoms with Crippen molar-refractivity contribution in [3.8, 4) is 0 Å². The molecule has 19 heavy (non-hydrogen) atoms. The summed E-state index contributed by atoms with van der Waals surface area (Å²) in [5.74, 6) is 0.261. The first-order valence-electron chi connectivity index (χ1n) is 6.94. The second kappa shape index (κ2) is 6.03. The number of morpholine rings is 1. The summed E-state index contributed by atoms with van der Waals surface area (Å²) in [4.78, 5) is 14.5. The highest BCUT2D eigenvalue weighted by Gasteiger charge is 2.33. The van der Waals surface area contributed by atoms with Gasteiger partial charge in [-0.2, -0.15) is 11.3 Å². The molecule has 1 aliphatic heterocycles. The van der Waals surface area contributed by atoms with Crippen molar-refractivity contribution in [3.63, 3.8) is 0 Å². The number of hydrogen-bond acceptors (Lipinski definition) is 4. The van der Waals surface area contributed by atoms with Gasteiger partial charge in [0, 0.05) is 31.6 Å². The van der Waals surface area contributed by atoms with Crippen molar-refractivity contribution in [2.24, 2.45) is 0 Å². The highest BCUT2D eigenvalue weighted by atomic mass is 32.1. The highest BCUT2D eigenvalue weighted by molar-refractivity contribution is 7.07. The summed E-state index contributed by atoms with van der Waals surface area (Å²) in [7, 11) is 0. The van der Waals surface area contributed by atoms with E-state index >= 15 is 0 Å². The Balaban J connectivity index is 1.57. The molecule has 1 atom stereocenters. The Labute approximate surface area is 117 Å². The number of carbonyl (C=O) groups is 1. The molecule has 1 amide bonds. The van der Waals surface area contributed by atoms with E-state index in [4.69, 9.17) is 4.74 Å². The fraction of sp³-hybridized carbons (Fsp3) is 0.643. The zero-order valence-electron chi connectivity index (χ0n) is 11.0. The molecule has 1 aromatic heterocycles. The van der Waals surface area contributed by atoms with Gasteiger partial charge in [0.05, 0.1) is 13.2 Å². The molecule has 0 aromatic carbocycles. The van der Waals surface area contributed by atoms with Crippen LogP contribution in [0.3, 0.4) is 0 Å². The Morgan fingerprint density at radius 3 is 3.05 bits per heavy atom. The van der Waals surface area contributed by atoms with Crippen LogP contribution >= 0.6 is 11.3 Å². The molecule has 2 aliphatic rings. The molecule has 3 rings (SSSR count). The first kappa shape index (κ1) is 13.1. The highest BCUT2D eigenvalue weighted by Crippen LogP contribution is 2.29. The maximum absolute atomic E-state index is 12.5. The van der Waals surface area contributed by atoms with Gasteiger partial charge >= 0.3 is 0 Å². The van der Waals surface area contributed by atoms with Crippen LogP contribution in [0.25, 0.3) is 0 Å². The Hall–Kier alpha value is -0.910. The average molecular weight is 280 g/mol. The number of carbonyl (C=O) groups excluding carboxylic acids is 1. The molecule has 0 spiro atoms. The normalized spacial score (nSPS) is 23.3. The molecule has 1 saturated carbocycles. The second-order valence-electron chi connectivity index (χ2n) is 5.31. The van der Waals surface area contributed by atoms with Crippen LogP contribution in [-0.2, 0) is 16.1 Å². The lowest BCUT2D eigenvalue weighted by Gasteiger charge is -2.27. The number of nitrogens with one attached hydrogen (secondary N) is 1. The molecule has 0 radical (unpaired) electrons. The van der Waals surface area contributed by atoms with Crippen molar-refractivity contribution in [3.05, 3.63) is 22.4 Å². The van der Waals surface area contributed by atoms with Gasteiger partial charge in [-0.3, -0.25) is 4.79 Å². The summed E-state index contributed by atoms with van der Waals surface area (Å²) in [6.45, 7) is 3.03. The van der Waals surface area contributed by atoms with E-state index in [0.29, 0.717) is 19.1 Å². The fourth-order valence-corrected chi connectivity index (χ4v) is 3.13. The van der Waals surface area contributed by atoms with Crippen LogP contribution in [0.4, 0.5) is 0 Å². The quantitative estimate of drug-likeness (QED) is 0.891. The standard InChI is InChI=1S/C14H20N2O2S/c17-14(7-12-9-18-5-4-15-12)16(13-1-2-13)8-11-3-6-19-10-11/h3,6,10,12-13,15H,1-2,4-5,7-9H2. The molecule has 1 saturated heterocycles. The van der Waals surface area contributed by atoms with E-state index in [9.17, 15) is 4.79 Å². The van der Waals surface area contributed by atoms with Crippen LogP contribution in [0.5, 0.6) is 0 Å². The first-order chi connectivity index (χ1) is 9.33. The molecular weight excluding hydrogens is 260 g/mol. The van der Waals surface area contributed by atoms with Gasteiger partial charge in [0.2, 0.25) is 5.91 Å². The summed E-state index contributed by atoms with van der Waals surface area (Å²) >= 11 is 1.69. The summed E-state index contributed by atoms with van der Waals surface area (Å²) in [6.07, 6.45) is 2.87. The van der Waals surface area contributed by atoms with Gasteiger partial charge in [-0.05, 0) is 35.2 Å². The van der Waals surface area contributed by atoms with E-state index in [1.807, 2.05) is 0 Å². The molecule has 4 nitrogen and oxygen atoms in total. The molecule has 1 unspecified atom stereocenters. The minimum absolute atomic E-state index is 0.185. The average Bonchev–Trinajstić information content (AvgIpc) is 3.14. The van der Waals surface area contributed by atoms with Gasteiger partial charge < -0.3 is 15.0 Å². The van der Waals surface area contributed by atoms with Crippen molar-refractivity contribution in [2.45, 2.75) is 37.9 Å². The van der Waals surface area contributed by atoms with Crippen LogP contribution in [0.15, 0.2) is 16.8 Å². The smallest absolute Gasteiger partial charge is 0.224 e. The number of rotatable bonds is 5. The zero-order valence-corrected chi connectivity index (χ0v) is 11.8. The predicted molar refractivity (Wildman–Crippen MR) is 75.1 cm³/mol. The molecule has 104 valence electrons. The number of ether oxygens (including phenoxy) is 1. The van der Waals surface area contributed by atoms with Crippen LogP contribution in [0, 0.1) is 0 Å². The maximum atomic E-state index is 12.5. The van der Waals surface area contributed by atoms with Crippen LogP contribution < -0.4 is 5.32 Å². The number of thiophene rings is 1. The second-order valence-corrected chi connectivity index (χ2v) is 6.09. The summed E-state index contributed by atoms with van der Waals surface area (Å²) in [5, 5.41) is 7.55. The minimum Gasteiger partial charge on any atom is -0.378 e. The van der Waals surface area contributed by atoms with Crippen molar-refractivity contribution in [1.82, 2.24) is 10.2 Å². The lowest BCUT2D eigenvalue weighted by atomic mass is 10.1. The topological polar surface area (TPSA) is 41.6 Å². The third-order valence-electron chi connectivity index (χ3n) is 3.66. The Kier molecular flexibility index (Phi) is 4.15. The fourth-order valence-electron chi connectivity index (χ4n) is 2.47. The monoisotopic (exact) mass is 280 g/mol. The molecule has 0 bridgehead atoms. The van der Waals surface area contributed by atoms with Gasteiger partial charge in [-0.15, -0.1) is 0 Å². The van der Waals surface area contributed by atoms with Gasteiger partial charge in [-0.1, -0.05) is 0 Å². The Morgan fingerprint density at radius 2 is 2.42 bits per heavy atom. The SMILES string of the molecule is O=C(CC1COCCN1)N(Cc1ccsc1)C1CC1. The van der Waals surface area contributed by atoms with Crippen molar-refractivity contribution < 1.29 is 9.53 Å². The minimum atomic E-state index is 0.185. The molecule has 5 heteroatoms. The number of amides is 1.